The molecule has 15 nitrogen and oxygen atoms in total. The van der Waals surface area contributed by atoms with E-state index in [1.165, 1.54) is 19.0 Å². The number of rotatable bonds is 9. The summed E-state index contributed by atoms with van der Waals surface area (Å²) >= 11 is 3.36. The number of fused-ring (bicyclic) bond motifs is 3. The molecule has 282 valence electrons. The van der Waals surface area contributed by atoms with Gasteiger partial charge in [0.05, 0.1) is 22.6 Å². The van der Waals surface area contributed by atoms with Gasteiger partial charge in [-0.2, -0.15) is 0 Å². The zero-order chi connectivity index (χ0) is 39.3. The number of carbonyl (C=O) groups is 2. The SMILES string of the molecule is C[C@H](NC(=O)[C@H](N)CCc1ccccc1)C(=O)NCc1ccc2c(N)ncnc2c1.NCc1ccc2c(N)ncnc2c1.Nc1ncnc2cc(Br)ccc12. The molecular weight excluding hydrogens is 762 g/mol. The number of nitrogens with two attached hydrogens (primary N) is 5. The second-order valence-corrected chi connectivity index (χ2v) is 13.3. The van der Waals surface area contributed by atoms with Crippen LogP contribution in [0.25, 0.3) is 32.7 Å². The molecule has 3 aromatic heterocycles. The molecule has 2 atom stereocenters. The average Bonchev–Trinajstić information content (AvgIpc) is 3.19. The van der Waals surface area contributed by atoms with Crippen LogP contribution in [0.15, 0.2) is 108 Å². The molecule has 3 heterocycles. The van der Waals surface area contributed by atoms with Gasteiger partial charge in [-0.3, -0.25) is 9.59 Å². The van der Waals surface area contributed by atoms with Crippen LogP contribution in [0.3, 0.4) is 0 Å². The van der Waals surface area contributed by atoms with E-state index in [1.54, 1.807) is 6.92 Å². The van der Waals surface area contributed by atoms with Crippen molar-refractivity contribution in [2.75, 3.05) is 17.2 Å². The first-order valence-corrected chi connectivity index (χ1v) is 18.0. The molecule has 0 spiro atoms. The monoisotopic (exact) mass is 803 g/mol. The third-order valence-corrected chi connectivity index (χ3v) is 8.96. The maximum Gasteiger partial charge on any atom is 0.242 e. The van der Waals surface area contributed by atoms with E-state index in [4.69, 9.17) is 28.7 Å². The van der Waals surface area contributed by atoms with Crippen molar-refractivity contribution in [3.63, 3.8) is 0 Å². The number of anilines is 3. The number of aromatic nitrogens is 6. The van der Waals surface area contributed by atoms with E-state index in [0.717, 1.165) is 48.4 Å². The van der Waals surface area contributed by atoms with Crippen LogP contribution in [-0.2, 0) is 29.1 Å². The Kier molecular flexibility index (Phi) is 13.8. The largest absolute Gasteiger partial charge is 0.383 e. The second-order valence-electron chi connectivity index (χ2n) is 12.4. The van der Waals surface area contributed by atoms with E-state index in [1.807, 2.05) is 84.9 Å². The van der Waals surface area contributed by atoms with Gasteiger partial charge in [-0.15, -0.1) is 0 Å². The van der Waals surface area contributed by atoms with Gasteiger partial charge in [0.1, 0.15) is 42.5 Å². The Hall–Kier alpha value is -6.36. The van der Waals surface area contributed by atoms with Crippen LogP contribution < -0.4 is 39.3 Å². The van der Waals surface area contributed by atoms with Gasteiger partial charge in [-0.05, 0) is 78.9 Å². The lowest BCUT2D eigenvalue weighted by molar-refractivity contribution is -0.129. The van der Waals surface area contributed by atoms with Crippen LogP contribution in [0.2, 0.25) is 0 Å². The van der Waals surface area contributed by atoms with Crippen LogP contribution >= 0.6 is 15.9 Å². The Morgan fingerprint density at radius 2 is 1.16 bits per heavy atom. The van der Waals surface area contributed by atoms with Crippen LogP contribution in [0.1, 0.15) is 30.0 Å². The standard InChI is InChI=1S/C22H26N6O2.C9H10N4.C8H6BrN3/c1-14(28-22(30)18(23)10-8-15-5-3-2-4-6-15)21(29)25-12-16-7-9-17-19(11-16)26-13-27-20(17)24;10-4-6-1-2-7-8(3-6)12-5-13-9(7)11;9-5-1-2-6-7(3-5)11-4-12-8(6)10/h2-7,9,11,13-14,18H,8,10,12,23H2,1H3,(H,25,29)(H,28,30)(H2,24,26,27);1-3,5H,4,10H2,(H2,11,12,13);1-4H,(H2,10,11,12)/t14-,18+;;/m0../s1. The van der Waals surface area contributed by atoms with E-state index in [-0.39, 0.29) is 11.8 Å². The molecule has 0 aliphatic heterocycles. The van der Waals surface area contributed by atoms with Crippen molar-refractivity contribution in [1.29, 1.82) is 0 Å². The van der Waals surface area contributed by atoms with E-state index in [9.17, 15) is 9.59 Å². The van der Waals surface area contributed by atoms with E-state index in [2.05, 4.69) is 56.5 Å². The average molecular weight is 805 g/mol. The first-order chi connectivity index (χ1) is 26.5. The molecule has 7 aromatic rings. The zero-order valence-corrected chi connectivity index (χ0v) is 31.6. The summed E-state index contributed by atoms with van der Waals surface area (Å²) in [6.07, 6.45) is 5.53. The molecule has 55 heavy (non-hydrogen) atoms. The van der Waals surface area contributed by atoms with Gasteiger partial charge in [-0.1, -0.05) is 58.4 Å². The molecule has 16 heteroatoms. The number of hydrogen-bond acceptors (Lipinski definition) is 13. The fourth-order valence-corrected chi connectivity index (χ4v) is 5.71. The van der Waals surface area contributed by atoms with Gasteiger partial charge in [-0.25, -0.2) is 29.9 Å². The van der Waals surface area contributed by atoms with Gasteiger partial charge in [0.25, 0.3) is 0 Å². The van der Waals surface area contributed by atoms with Gasteiger partial charge in [0, 0.05) is 33.7 Å². The molecule has 0 saturated carbocycles. The van der Waals surface area contributed by atoms with Crippen LogP contribution in [0.5, 0.6) is 0 Å². The number of aryl methyl sites for hydroxylation is 1. The smallest absolute Gasteiger partial charge is 0.242 e. The fourth-order valence-electron chi connectivity index (χ4n) is 5.36. The Morgan fingerprint density at radius 3 is 1.73 bits per heavy atom. The van der Waals surface area contributed by atoms with Crippen LogP contribution in [0.4, 0.5) is 17.5 Å². The normalized spacial score (nSPS) is 11.8. The predicted molar refractivity (Wildman–Crippen MR) is 220 cm³/mol. The minimum atomic E-state index is -0.696. The molecule has 2 amide bonds. The van der Waals surface area contributed by atoms with Crippen LogP contribution in [0, 0.1) is 0 Å². The molecule has 0 fully saturated rings. The molecule has 0 unspecified atom stereocenters. The number of carbonyl (C=O) groups excluding carboxylic acids is 2. The molecule has 0 aliphatic carbocycles. The molecular formula is C39H42BrN13O2. The summed E-state index contributed by atoms with van der Waals surface area (Å²) in [5, 5.41) is 8.01. The molecule has 7 rings (SSSR count). The van der Waals surface area contributed by atoms with E-state index >= 15 is 0 Å². The number of nitrogens with one attached hydrogen (secondary N) is 2. The summed E-state index contributed by atoms with van der Waals surface area (Å²) in [5.41, 5.74) is 34.1. The van der Waals surface area contributed by atoms with Crippen molar-refractivity contribution in [2.24, 2.45) is 11.5 Å². The minimum absolute atomic E-state index is 0.291. The fraction of sp³-hybridized carbons (Fsp3) is 0.179. The molecule has 4 aromatic carbocycles. The maximum atomic E-state index is 12.4. The van der Waals surface area contributed by atoms with Crippen molar-refractivity contribution in [2.45, 2.75) is 44.9 Å². The number of amides is 2. The summed E-state index contributed by atoms with van der Waals surface area (Å²) in [6, 6.07) is 25.5. The zero-order valence-electron chi connectivity index (χ0n) is 30.1. The Morgan fingerprint density at radius 1 is 0.655 bits per heavy atom. The minimum Gasteiger partial charge on any atom is -0.383 e. The number of hydrogen-bond donors (Lipinski definition) is 7. The summed E-state index contributed by atoms with van der Waals surface area (Å²) in [5.74, 6) is 0.809. The van der Waals surface area contributed by atoms with Gasteiger partial charge in [0.15, 0.2) is 0 Å². The molecule has 12 N–H and O–H groups in total. The highest BCUT2D eigenvalue weighted by Gasteiger charge is 2.20. The summed E-state index contributed by atoms with van der Waals surface area (Å²) in [4.78, 5) is 48.8. The Labute approximate surface area is 325 Å². The van der Waals surface area contributed by atoms with Gasteiger partial charge in [0.2, 0.25) is 11.8 Å². The van der Waals surface area contributed by atoms with E-state index < -0.39 is 12.1 Å². The third kappa shape index (κ3) is 11.1. The highest BCUT2D eigenvalue weighted by atomic mass is 79.9. The quantitative estimate of drug-likeness (QED) is 0.109. The first-order valence-electron chi connectivity index (χ1n) is 17.2. The highest BCUT2D eigenvalue weighted by Crippen LogP contribution is 2.21. The number of halogens is 1. The van der Waals surface area contributed by atoms with Gasteiger partial charge >= 0.3 is 0 Å². The number of nitrogen functional groups attached to an aromatic ring is 3. The Balaban J connectivity index is 0.000000188. The summed E-state index contributed by atoms with van der Waals surface area (Å²) in [7, 11) is 0. The lowest BCUT2D eigenvalue weighted by Gasteiger charge is -2.17. The molecule has 0 aliphatic rings. The topological polar surface area (TPSA) is 266 Å². The lowest BCUT2D eigenvalue weighted by atomic mass is 10.1. The molecule has 0 bridgehead atoms. The Bertz CT molecular complexity index is 2400. The van der Waals surface area contributed by atoms with Crippen molar-refractivity contribution >= 4 is 77.9 Å². The summed E-state index contributed by atoms with van der Waals surface area (Å²) in [6.45, 7) is 2.45. The highest BCUT2D eigenvalue weighted by molar-refractivity contribution is 9.10. The molecule has 0 radical (unpaired) electrons. The maximum absolute atomic E-state index is 12.4. The van der Waals surface area contributed by atoms with E-state index in [0.29, 0.717) is 48.9 Å². The van der Waals surface area contributed by atoms with Crippen molar-refractivity contribution < 1.29 is 9.59 Å². The van der Waals surface area contributed by atoms with Crippen molar-refractivity contribution in [3.05, 3.63) is 125 Å². The molecule has 0 saturated heterocycles. The van der Waals surface area contributed by atoms with Crippen molar-refractivity contribution in [3.8, 4) is 0 Å². The lowest BCUT2D eigenvalue weighted by Crippen LogP contribution is -2.50. The predicted octanol–water partition coefficient (Wildman–Crippen LogP) is 3.94. The number of benzene rings is 4. The van der Waals surface area contributed by atoms with Crippen molar-refractivity contribution in [1.82, 2.24) is 40.5 Å². The summed E-state index contributed by atoms with van der Waals surface area (Å²) < 4.78 is 0.994. The number of nitrogens with zero attached hydrogens (tertiary/aromatic N) is 6. The van der Waals surface area contributed by atoms with Crippen LogP contribution in [-0.4, -0.2) is 53.8 Å². The second kappa shape index (κ2) is 19.1. The first kappa shape index (κ1) is 39.8. The third-order valence-electron chi connectivity index (χ3n) is 8.47. The van der Waals surface area contributed by atoms with Gasteiger partial charge < -0.3 is 39.3 Å².